The molecule has 0 aliphatic carbocycles. The Kier molecular flexibility index (Phi) is 5.74. The lowest BCUT2D eigenvalue weighted by molar-refractivity contribution is -0.643. The summed E-state index contributed by atoms with van der Waals surface area (Å²) in [6.45, 7) is 18.6. The average Bonchev–Trinajstić information content (AvgIpc) is 3.28. The van der Waals surface area contributed by atoms with E-state index in [0.717, 1.165) is 0 Å². The van der Waals surface area contributed by atoms with Gasteiger partial charge in [0, 0.05) is 16.8 Å². The van der Waals surface area contributed by atoms with E-state index >= 15 is 0 Å². The Morgan fingerprint density at radius 1 is 0.659 bits per heavy atom. The van der Waals surface area contributed by atoms with E-state index in [9.17, 15) is 0 Å². The largest absolute Gasteiger partial charge is 0.307 e. The quantitative estimate of drug-likeness (QED) is 0.120. The fourth-order valence-corrected chi connectivity index (χ4v) is 7.47. The van der Waals surface area contributed by atoms with Crippen LogP contribution in [0.4, 0.5) is 0 Å². The van der Waals surface area contributed by atoms with Crippen molar-refractivity contribution in [2.75, 3.05) is 0 Å². The Morgan fingerprint density at radius 2 is 1.32 bits per heavy atom. The van der Waals surface area contributed by atoms with Gasteiger partial charge in [0.1, 0.15) is 7.05 Å². The zero-order chi connectivity index (χ0) is 28.9. The van der Waals surface area contributed by atoms with Gasteiger partial charge in [-0.3, -0.25) is 0 Å². The van der Waals surface area contributed by atoms with Gasteiger partial charge in [0.25, 0.3) is 0 Å². The topological polar surface area (TPSA) is 8.29 Å². The summed E-state index contributed by atoms with van der Waals surface area (Å²) < 4.78 is 4.91. The van der Waals surface area contributed by atoms with Crippen LogP contribution in [0.15, 0.2) is 66.9 Å². The second-order valence-corrected chi connectivity index (χ2v) is 13.2. The van der Waals surface area contributed by atoms with Gasteiger partial charge in [0.05, 0.1) is 27.3 Å². The maximum Gasteiger partial charge on any atom is 0.224 e. The van der Waals surface area contributed by atoms with Crippen LogP contribution >= 0.6 is 0 Å². The van der Waals surface area contributed by atoms with Gasteiger partial charge in [-0.1, -0.05) is 77.9 Å². The second-order valence-electron chi connectivity index (χ2n) is 13.2. The molecule has 2 nitrogen and oxygen atoms in total. The van der Waals surface area contributed by atoms with Gasteiger partial charge in [0.15, 0.2) is 6.20 Å². The van der Waals surface area contributed by atoms with Crippen LogP contribution in [0.2, 0.25) is 0 Å². The Labute approximate surface area is 243 Å². The van der Waals surface area contributed by atoms with Crippen LogP contribution in [0.5, 0.6) is 0 Å². The van der Waals surface area contributed by atoms with E-state index in [0.29, 0.717) is 17.8 Å². The molecule has 0 spiro atoms. The zero-order valence-electron chi connectivity index (χ0n) is 26.0. The maximum absolute atomic E-state index is 2.57. The van der Waals surface area contributed by atoms with E-state index in [4.69, 9.17) is 0 Å². The predicted molar refractivity (Wildman–Crippen MR) is 177 cm³/mol. The lowest BCUT2D eigenvalue weighted by Gasteiger charge is -2.24. The summed E-state index contributed by atoms with van der Waals surface area (Å²) in [7, 11) is 2.20. The molecule has 7 aromatic rings. The van der Waals surface area contributed by atoms with Gasteiger partial charge < -0.3 is 4.40 Å². The third-order valence-corrected chi connectivity index (χ3v) is 9.45. The Hall–Kier alpha value is -3.91. The molecule has 3 heterocycles. The van der Waals surface area contributed by atoms with Crippen molar-refractivity contribution < 1.29 is 4.57 Å². The fourth-order valence-electron chi connectivity index (χ4n) is 7.47. The van der Waals surface area contributed by atoms with E-state index < -0.39 is 0 Å². The molecule has 3 aromatic heterocycles. The summed E-state index contributed by atoms with van der Waals surface area (Å²) in [6, 6.07) is 23.6. The van der Waals surface area contributed by atoms with Crippen LogP contribution in [0, 0.1) is 13.8 Å². The summed E-state index contributed by atoms with van der Waals surface area (Å²) in [5.41, 5.74) is 15.0. The van der Waals surface area contributed by atoms with E-state index in [1.165, 1.54) is 87.9 Å². The van der Waals surface area contributed by atoms with Crippen LogP contribution in [0.3, 0.4) is 0 Å². The van der Waals surface area contributed by atoms with Crippen molar-refractivity contribution in [3.63, 3.8) is 0 Å². The Balaban J connectivity index is 1.75. The minimum absolute atomic E-state index is 0.433. The van der Waals surface area contributed by atoms with Crippen molar-refractivity contribution in [3.8, 4) is 11.1 Å². The highest BCUT2D eigenvalue weighted by Crippen LogP contribution is 2.45. The smallest absolute Gasteiger partial charge is 0.224 e. The van der Waals surface area contributed by atoms with Crippen molar-refractivity contribution in [3.05, 3.63) is 94.7 Å². The monoisotopic (exact) mass is 537 g/mol. The molecule has 2 heteroatoms. The highest BCUT2D eigenvalue weighted by Gasteiger charge is 2.26. The highest BCUT2D eigenvalue weighted by atomic mass is 15.0. The maximum atomic E-state index is 2.57. The summed E-state index contributed by atoms with van der Waals surface area (Å²) in [6.07, 6.45) is 2.25. The molecule has 0 aliphatic rings. The Morgan fingerprint density at radius 3 is 1.98 bits per heavy atom. The third kappa shape index (κ3) is 3.59. The molecule has 0 saturated heterocycles. The molecule has 0 bridgehead atoms. The number of hydrogen-bond acceptors (Lipinski definition) is 0. The summed E-state index contributed by atoms with van der Waals surface area (Å²) in [4.78, 5) is 0. The molecular formula is C39H41N2+. The number of rotatable bonds is 4. The van der Waals surface area contributed by atoms with Gasteiger partial charge >= 0.3 is 0 Å². The van der Waals surface area contributed by atoms with E-state index in [-0.39, 0.29) is 0 Å². The first-order chi connectivity index (χ1) is 19.6. The summed E-state index contributed by atoms with van der Waals surface area (Å²) >= 11 is 0. The lowest BCUT2D eigenvalue weighted by atomic mass is 9.81. The summed E-state index contributed by atoms with van der Waals surface area (Å²) in [5.74, 6) is 1.37. The molecule has 41 heavy (non-hydrogen) atoms. The van der Waals surface area contributed by atoms with Crippen LogP contribution < -0.4 is 4.57 Å². The second kappa shape index (κ2) is 9.05. The molecular weight excluding hydrogens is 496 g/mol. The number of benzene rings is 4. The van der Waals surface area contributed by atoms with Crippen LogP contribution in [0.25, 0.3) is 60.1 Å². The normalized spacial score (nSPS) is 12.7. The number of pyridine rings is 2. The standard InChI is InChI=1S/C39H41N2/c1-21(2)27-18-30(22(3)4)36(31(19-27)23(5)6)28-17-26-14-15-40(9)38-35-25(8)16-24(7)34-29-12-10-11-13-32(29)41(39(34)35)33(20-28)37(26)38/h10-23H,1-9H3/q+1. The predicted octanol–water partition coefficient (Wildman–Crippen LogP) is 10.5. The van der Waals surface area contributed by atoms with Crippen molar-refractivity contribution >= 4 is 49.0 Å². The molecule has 0 atom stereocenters. The molecule has 206 valence electrons. The van der Waals surface area contributed by atoms with Crippen LogP contribution in [-0.2, 0) is 7.05 Å². The van der Waals surface area contributed by atoms with Gasteiger partial charge in [-0.25, -0.2) is 4.57 Å². The van der Waals surface area contributed by atoms with Crippen LogP contribution in [0.1, 0.15) is 87.1 Å². The minimum Gasteiger partial charge on any atom is -0.307 e. The van der Waals surface area contributed by atoms with Gasteiger partial charge in [-0.05, 0) is 94.1 Å². The first kappa shape index (κ1) is 26.0. The number of para-hydroxylation sites is 1. The van der Waals surface area contributed by atoms with Crippen molar-refractivity contribution in [1.82, 2.24) is 4.40 Å². The number of hydrogen-bond donors (Lipinski definition) is 0. The molecule has 0 N–H and O–H groups in total. The lowest BCUT2D eigenvalue weighted by Crippen LogP contribution is -2.29. The number of aryl methyl sites for hydroxylation is 3. The highest BCUT2D eigenvalue weighted by molar-refractivity contribution is 6.26. The number of fused-ring (bicyclic) bond motifs is 5. The first-order valence-corrected chi connectivity index (χ1v) is 15.3. The first-order valence-electron chi connectivity index (χ1n) is 15.3. The molecule has 0 saturated carbocycles. The van der Waals surface area contributed by atoms with Crippen molar-refractivity contribution in [2.24, 2.45) is 7.05 Å². The minimum atomic E-state index is 0.433. The van der Waals surface area contributed by atoms with Crippen molar-refractivity contribution in [1.29, 1.82) is 0 Å². The third-order valence-electron chi connectivity index (χ3n) is 9.45. The molecule has 0 fully saturated rings. The van der Waals surface area contributed by atoms with Gasteiger partial charge in [-0.15, -0.1) is 0 Å². The SMILES string of the molecule is Cc1cc(C)c2c3c1c1ccccc1n3c1cc(-c3c(C(C)C)cc(C(C)C)cc3C(C)C)cc3cc[n+](C)c2c31. The van der Waals surface area contributed by atoms with E-state index in [1.807, 2.05) is 0 Å². The molecule has 0 unspecified atom stereocenters. The fraction of sp³-hybridized carbons (Fsp3) is 0.308. The number of nitrogens with zero attached hydrogens (tertiary/aromatic N) is 2. The zero-order valence-corrected chi connectivity index (χ0v) is 26.0. The molecule has 0 aliphatic heterocycles. The molecule has 0 amide bonds. The van der Waals surface area contributed by atoms with E-state index in [2.05, 4.69) is 138 Å². The van der Waals surface area contributed by atoms with Gasteiger partial charge in [0.2, 0.25) is 5.52 Å². The van der Waals surface area contributed by atoms with Gasteiger partial charge in [-0.2, -0.15) is 0 Å². The van der Waals surface area contributed by atoms with Crippen LogP contribution in [-0.4, -0.2) is 4.40 Å². The van der Waals surface area contributed by atoms with Crippen molar-refractivity contribution in [2.45, 2.75) is 73.1 Å². The molecule has 4 aromatic carbocycles. The molecule has 7 rings (SSSR count). The number of aromatic nitrogens is 2. The summed E-state index contributed by atoms with van der Waals surface area (Å²) in [5, 5.41) is 6.72. The van der Waals surface area contributed by atoms with E-state index in [1.54, 1.807) is 0 Å². The Bertz CT molecular complexity index is 2120. The average molecular weight is 538 g/mol. The molecule has 0 radical (unpaired) electrons.